The van der Waals surface area contributed by atoms with Crippen LogP contribution in [0.4, 0.5) is 4.79 Å². The fourth-order valence-electron chi connectivity index (χ4n) is 1.50. The Balaban J connectivity index is 2.30. The average molecular weight is 293 g/mol. The molecule has 116 valence electrons. The van der Waals surface area contributed by atoms with E-state index in [1.807, 2.05) is 30.3 Å². The lowest BCUT2D eigenvalue weighted by molar-refractivity contribution is -0.149. The SMILES string of the molecule is CC(CNC(=O)OC(C)(C)C)C(=O)OCc1ccccc1. The van der Waals surface area contributed by atoms with E-state index in [1.54, 1.807) is 27.7 Å². The standard InChI is InChI=1S/C16H23NO4/c1-12(10-17-15(19)21-16(2,3)4)14(18)20-11-13-8-6-5-7-9-13/h5-9,12H,10-11H2,1-4H3,(H,17,19). The summed E-state index contributed by atoms with van der Waals surface area (Å²) in [5.41, 5.74) is 0.374. The van der Waals surface area contributed by atoms with Gasteiger partial charge in [-0.15, -0.1) is 0 Å². The Morgan fingerprint density at radius 1 is 1.19 bits per heavy atom. The molecule has 1 amide bonds. The van der Waals surface area contributed by atoms with Gasteiger partial charge in [-0.05, 0) is 26.3 Å². The molecule has 0 saturated carbocycles. The second kappa shape index (κ2) is 7.67. The van der Waals surface area contributed by atoms with Crippen LogP contribution in [-0.4, -0.2) is 24.2 Å². The van der Waals surface area contributed by atoms with E-state index in [2.05, 4.69) is 5.32 Å². The van der Waals surface area contributed by atoms with Gasteiger partial charge in [-0.2, -0.15) is 0 Å². The van der Waals surface area contributed by atoms with Crippen molar-refractivity contribution in [1.82, 2.24) is 5.32 Å². The van der Waals surface area contributed by atoms with Crippen LogP contribution in [0, 0.1) is 5.92 Å². The van der Waals surface area contributed by atoms with E-state index in [-0.39, 0.29) is 19.1 Å². The molecule has 0 heterocycles. The first-order valence-corrected chi connectivity index (χ1v) is 6.95. The largest absolute Gasteiger partial charge is 0.461 e. The molecule has 1 aromatic rings. The van der Waals surface area contributed by atoms with Gasteiger partial charge in [-0.1, -0.05) is 37.3 Å². The predicted octanol–water partition coefficient (Wildman–Crippen LogP) is 2.89. The third-order valence-electron chi connectivity index (χ3n) is 2.58. The van der Waals surface area contributed by atoms with Crippen LogP contribution in [0.5, 0.6) is 0 Å². The van der Waals surface area contributed by atoms with Crippen LogP contribution in [0.1, 0.15) is 33.3 Å². The minimum absolute atomic E-state index is 0.183. The summed E-state index contributed by atoms with van der Waals surface area (Å²) in [4.78, 5) is 23.3. The number of carbonyl (C=O) groups excluding carboxylic acids is 2. The monoisotopic (exact) mass is 293 g/mol. The molecule has 1 N–H and O–H groups in total. The molecule has 1 aromatic carbocycles. The lowest BCUT2D eigenvalue weighted by Gasteiger charge is -2.20. The van der Waals surface area contributed by atoms with Crippen LogP contribution in [0.2, 0.25) is 0 Å². The number of benzene rings is 1. The average Bonchev–Trinajstić information content (AvgIpc) is 2.41. The summed E-state index contributed by atoms with van der Waals surface area (Å²) in [5.74, 6) is -0.781. The quantitative estimate of drug-likeness (QED) is 0.848. The lowest BCUT2D eigenvalue weighted by Crippen LogP contribution is -2.36. The first kappa shape index (κ1) is 17.0. The molecule has 0 aliphatic rings. The predicted molar refractivity (Wildman–Crippen MR) is 79.6 cm³/mol. The van der Waals surface area contributed by atoms with Gasteiger partial charge in [-0.3, -0.25) is 4.79 Å². The minimum Gasteiger partial charge on any atom is -0.461 e. The van der Waals surface area contributed by atoms with Crippen molar-refractivity contribution in [3.05, 3.63) is 35.9 Å². The number of alkyl carbamates (subject to hydrolysis) is 1. The van der Waals surface area contributed by atoms with Crippen LogP contribution in [0.25, 0.3) is 0 Å². The number of hydrogen-bond acceptors (Lipinski definition) is 4. The number of esters is 1. The van der Waals surface area contributed by atoms with Gasteiger partial charge in [0, 0.05) is 6.54 Å². The fraction of sp³-hybridized carbons (Fsp3) is 0.500. The molecule has 0 aromatic heterocycles. The van der Waals surface area contributed by atoms with Crippen LogP contribution < -0.4 is 5.32 Å². The van der Waals surface area contributed by atoms with Gasteiger partial charge in [0.1, 0.15) is 12.2 Å². The van der Waals surface area contributed by atoms with Crippen molar-refractivity contribution in [3.63, 3.8) is 0 Å². The Morgan fingerprint density at radius 2 is 1.81 bits per heavy atom. The highest BCUT2D eigenvalue weighted by Gasteiger charge is 2.19. The number of ether oxygens (including phenoxy) is 2. The molecular formula is C16H23NO4. The zero-order valence-electron chi connectivity index (χ0n) is 13.0. The Kier molecular flexibility index (Phi) is 6.21. The highest BCUT2D eigenvalue weighted by Crippen LogP contribution is 2.07. The smallest absolute Gasteiger partial charge is 0.407 e. The molecule has 0 radical (unpaired) electrons. The van der Waals surface area contributed by atoms with E-state index in [9.17, 15) is 9.59 Å². The highest BCUT2D eigenvalue weighted by molar-refractivity contribution is 5.74. The molecule has 1 rings (SSSR count). The van der Waals surface area contributed by atoms with Crippen molar-refractivity contribution in [1.29, 1.82) is 0 Å². The van der Waals surface area contributed by atoms with Gasteiger partial charge in [0.2, 0.25) is 0 Å². The fourth-order valence-corrected chi connectivity index (χ4v) is 1.50. The molecule has 5 nitrogen and oxygen atoms in total. The molecule has 5 heteroatoms. The Labute approximate surface area is 125 Å². The van der Waals surface area contributed by atoms with Crippen molar-refractivity contribution in [2.75, 3.05) is 6.54 Å². The first-order valence-electron chi connectivity index (χ1n) is 6.95. The van der Waals surface area contributed by atoms with Crippen molar-refractivity contribution < 1.29 is 19.1 Å². The summed E-state index contributed by atoms with van der Waals surface area (Å²) >= 11 is 0. The van der Waals surface area contributed by atoms with Crippen molar-refractivity contribution >= 4 is 12.1 Å². The Hall–Kier alpha value is -2.04. The summed E-state index contributed by atoms with van der Waals surface area (Å²) < 4.78 is 10.3. The number of hydrogen-bond donors (Lipinski definition) is 1. The zero-order valence-corrected chi connectivity index (χ0v) is 13.0. The van der Waals surface area contributed by atoms with Crippen LogP contribution in [0.15, 0.2) is 30.3 Å². The van der Waals surface area contributed by atoms with Crippen molar-refractivity contribution in [2.24, 2.45) is 5.92 Å². The molecule has 21 heavy (non-hydrogen) atoms. The van der Waals surface area contributed by atoms with Crippen LogP contribution in [0.3, 0.4) is 0 Å². The van der Waals surface area contributed by atoms with E-state index >= 15 is 0 Å². The maximum atomic E-state index is 11.8. The summed E-state index contributed by atoms with van der Waals surface area (Å²) in [5, 5.41) is 2.56. The maximum absolute atomic E-state index is 11.8. The van der Waals surface area contributed by atoms with Crippen molar-refractivity contribution in [3.8, 4) is 0 Å². The van der Waals surface area contributed by atoms with E-state index < -0.39 is 17.6 Å². The number of carbonyl (C=O) groups is 2. The molecule has 0 saturated heterocycles. The number of nitrogens with one attached hydrogen (secondary N) is 1. The van der Waals surface area contributed by atoms with Crippen LogP contribution in [-0.2, 0) is 20.9 Å². The van der Waals surface area contributed by atoms with E-state index in [1.165, 1.54) is 0 Å². The molecule has 0 aliphatic carbocycles. The topological polar surface area (TPSA) is 64.6 Å². The van der Waals surface area contributed by atoms with E-state index in [0.717, 1.165) is 5.56 Å². The Bertz CT molecular complexity index is 465. The highest BCUT2D eigenvalue weighted by atomic mass is 16.6. The second-order valence-corrected chi connectivity index (χ2v) is 5.88. The minimum atomic E-state index is -0.554. The third-order valence-corrected chi connectivity index (χ3v) is 2.58. The Morgan fingerprint density at radius 3 is 2.38 bits per heavy atom. The van der Waals surface area contributed by atoms with Gasteiger partial charge < -0.3 is 14.8 Å². The van der Waals surface area contributed by atoms with Gasteiger partial charge >= 0.3 is 12.1 Å². The molecule has 0 bridgehead atoms. The normalized spacial score (nSPS) is 12.4. The van der Waals surface area contributed by atoms with Gasteiger partial charge in [-0.25, -0.2) is 4.79 Å². The molecule has 0 aliphatic heterocycles. The van der Waals surface area contributed by atoms with Gasteiger partial charge in [0.25, 0.3) is 0 Å². The van der Waals surface area contributed by atoms with E-state index in [0.29, 0.717) is 0 Å². The molecule has 1 atom stereocenters. The maximum Gasteiger partial charge on any atom is 0.407 e. The summed E-state index contributed by atoms with van der Waals surface area (Å²) in [7, 11) is 0. The summed E-state index contributed by atoms with van der Waals surface area (Å²) in [6.45, 7) is 7.46. The van der Waals surface area contributed by atoms with Crippen LogP contribution >= 0.6 is 0 Å². The third kappa shape index (κ3) is 7.34. The molecule has 0 fully saturated rings. The van der Waals surface area contributed by atoms with E-state index in [4.69, 9.17) is 9.47 Å². The molecular weight excluding hydrogens is 270 g/mol. The second-order valence-electron chi connectivity index (χ2n) is 5.88. The number of amides is 1. The molecule has 0 spiro atoms. The summed E-state index contributed by atoms with van der Waals surface area (Å²) in [6, 6.07) is 9.44. The summed E-state index contributed by atoms with van der Waals surface area (Å²) in [6.07, 6.45) is -0.537. The van der Waals surface area contributed by atoms with Gasteiger partial charge in [0.05, 0.1) is 5.92 Å². The molecule has 1 unspecified atom stereocenters. The first-order chi connectivity index (χ1) is 9.78. The lowest BCUT2D eigenvalue weighted by atomic mass is 10.2. The zero-order chi connectivity index (χ0) is 15.9. The number of rotatable bonds is 5. The van der Waals surface area contributed by atoms with Gasteiger partial charge in [0.15, 0.2) is 0 Å². The van der Waals surface area contributed by atoms with Crippen molar-refractivity contribution in [2.45, 2.75) is 39.9 Å².